The number of aromatic amines is 2. The van der Waals surface area contributed by atoms with E-state index in [0.717, 1.165) is 17.1 Å². The minimum Gasteiger partial charge on any atom is -0.497 e. The number of fused-ring (bicyclic) bond motifs is 1. The number of methoxy groups -OCH3 is 2. The van der Waals surface area contributed by atoms with Crippen LogP contribution >= 0.6 is 0 Å². The van der Waals surface area contributed by atoms with Gasteiger partial charge in [0.2, 0.25) is 0 Å². The number of benzene rings is 2. The van der Waals surface area contributed by atoms with Gasteiger partial charge in [-0.05, 0) is 42.3 Å². The van der Waals surface area contributed by atoms with Crippen LogP contribution in [-0.2, 0) is 6.42 Å². The maximum Gasteiger partial charge on any atom is 0.323 e. The van der Waals surface area contributed by atoms with Crippen molar-refractivity contribution in [3.05, 3.63) is 58.0 Å². The molecular formula is C18H19N3O4. The predicted octanol–water partition coefficient (Wildman–Crippen LogP) is 1.85. The molecule has 3 aromatic rings. The van der Waals surface area contributed by atoms with Gasteiger partial charge in [0.25, 0.3) is 5.91 Å². The minimum atomic E-state index is -0.337. The lowest BCUT2D eigenvalue weighted by molar-refractivity contribution is 0.0955. The van der Waals surface area contributed by atoms with E-state index >= 15 is 0 Å². The van der Waals surface area contributed by atoms with Gasteiger partial charge in [0.05, 0.1) is 30.8 Å². The van der Waals surface area contributed by atoms with Crippen molar-refractivity contribution in [2.75, 3.05) is 20.8 Å². The predicted molar refractivity (Wildman–Crippen MR) is 94.5 cm³/mol. The molecule has 1 amide bonds. The van der Waals surface area contributed by atoms with Crippen molar-refractivity contribution >= 4 is 16.9 Å². The third-order valence-corrected chi connectivity index (χ3v) is 3.96. The van der Waals surface area contributed by atoms with Gasteiger partial charge in [-0.3, -0.25) is 4.79 Å². The van der Waals surface area contributed by atoms with Crippen LogP contribution in [0.2, 0.25) is 0 Å². The Morgan fingerprint density at radius 2 is 1.96 bits per heavy atom. The summed E-state index contributed by atoms with van der Waals surface area (Å²) in [5, 5.41) is 2.87. The number of carbonyl (C=O) groups excluding carboxylic acids is 1. The van der Waals surface area contributed by atoms with Crippen molar-refractivity contribution in [3.8, 4) is 11.5 Å². The Labute approximate surface area is 144 Å². The first kappa shape index (κ1) is 16.6. The van der Waals surface area contributed by atoms with E-state index in [1.165, 1.54) is 0 Å². The molecule has 0 aliphatic carbocycles. The van der Waals surface area contributed by atoms with Gasteiger partial charge in [-0.25, -0.2) is 4.79 Å². The number of amides is 1. The van der Waals surface area contributed by atoms with Crippen molar-refractivity contribution in [1.29, 1.82) is 0 Å². The van der Waals surface area contributed by atoms with E-state index in [0.29, 0.717) is 29.6 Å². The van der Waals surface area contributed by atoms with E-state index in [1.807, 2.05) is 18.2 Å². The van der Waals surface area contributed by atoms with Crippen molar-refractivity contribution in [1.82, 2.24) is 15.3 Å². The van der Waals surface area contributed by atoms with Gasteiger partial charge in [0.15, 0.2) is 0 Å². The van der Waals surface area contributed by atoms with Gasteiger partial charge >= 0.3 is 5.69 Å². The Bertz CT molecular complexity index is 958. The van der Waals surface area contributed by atoms with E-state index in [4.69, 9.17) is 9.47 Å². The van der Waals surface area contributed by atoms with Gasteiger partial charge in [-0.1, -0.05) is 6.07 Å². The van der Waals surface area contributed by atoms with Crippen LogP contribution in [0.5, 0.6) is 11.5 Å². The average Bonchev–Trinajstić information content (AvgIpc) is 3.01. The highest BCUT2D eigenvalue weighted by Crippen LogP contribution is 2.24. The van der Waals surface area contributed by atoms with Gasteiger partial charge in [-0.2, -0.15) is 0 Å². The second-order valence-electron chi connectivity index (χ2n) is 5.49. The Hall–Kier alpha value is -3.22. The van der Waals surface area contributed by atoms with Crippen molar-refractivity contribution in [2.45, 2.75) is 6.42 Å². The van der Waals surface area contributed by atoms with Crippen LogP contribution in [0.25, 0.3) is 11.0 Å². The minimum absolute atomic E-state index is 0.247. The zero-order valence-corrected chi connectivity index (χ0v) is 14.0. The smallest absolute Gasteiger partial charge is 0.323 e. The summed E-state index contributed by atoms with van der Waals surface area (Å²) in [5.74, 6) is 1.23. The maximum atomic E-state index is 12.4. The summed E-state index contributed by atoms with van der Waals surface area (Å²) in [5.41, 5.74) is 2.14. The standard InChI is InChI=1S/C18H19N3O4/c1-24-12-6-7-15(25-2)11(10-12)8-9-19-17(22)13-4-3-5-14-16(13)21-18(23)20-14/h3-7,10H,8-9H2,1-2H3,(H,19,22)(H2,20,21,23). The molecule has 3 rings (SSSR count). The Kier molecular flexibility index (Phi) is 4.74. The van der Waals surface area contributed by atoms with Crippen molar-refractivity contribution < 1.29 is 14.3 Å². The molecule has 25 heavy (non-hydrogen) atoms. The fraction of sp³-hybridized carbons (Fsp3) is 0.222. The highest BCUT2D eigenvalue weighted by Gasteiger charge is 2.12. The highest BCUT2D eigenvalue weighted by atomic mass is 16.5. The molecule has 0 spiro atoms. The van der Waals surface area contributed by atoms with Gasteiger partial charge in [-0.15, -0.1) is 0 Å². The van der Waals surface area contributed by atoms with Crippen molar-refractivity contribution in [3.63, 3.8) is 0 Å². The fourth-order valence-corrected chi connectivity index (χ4v) is 2.73. The van der Waals surface area contributed by atoms with Crippen LogP contribution in [0.15, 0.2) is 41.2 Å². The van der Waals surface area contributed by atoms with E-state index in [2.05, 4.69) is 15.3 Å². The second kappa shape index (κ2) is 7.12. The molecule has 2 aromatic carbocycles. The number of ether oxygens (including phenoxy) is 2. The van der Waals surface area contributed by atoms with E-state index < -0.39 is 0 Å². The van der Waals surface area contributed by atoms with E-state index in [1.54, 1.807) is 32.4 Å². The summed E-state index contributed by atoms with van der Waals surface area (Å²) in [7, 11) is 3.21. The Balaban J connectivity index is 1.71. The summed E-state index contributed by atoms with van der Waals surface area (Å²) in [6.45, 7) is 0.424. The third kappa shape index (κ3) is 3.50. The maximum absolute atomic E-state index is 12.4. The van der Waals surface area contributed by atoms with Crippen LogP contribution in [-0.4, -0.2) is 36.6 Å². The molecule has 130 valence electrons. The molecule has 0 radical (unpaired) electrons. The van der Waals surface area contributed by atoms with Crippen LogP contribution in [0.4, 0.5) is 0 Å². The number of rotatable bonds is 6. The number of carbonyl (C=O) groups is 1. The zero-order valence-electron chi connectivity index (χ0n) is 14.0. The largest absolute Gasteiger partial charge is 0.497 e. The van der Waals surface area contributed by atoms with E-state index in [9.17, 15) is 9.59 Å². The van der Waals surface area contributed by atoms with Crippen LogP contribution in [0.1, 0.15) is 15.9 Å². The summed E-state index contributed by atoms with van der Waals surface area (Å²) < 4.78 is 10.6. The normalized spacial score (nSPS) is 10.6. The summed E-state index contributed by atoms with van der Waals surface area (Å²) in [6, 6.07) is 10.7. The third-order valence-electron chi connectivity index (χ3n) is 3.96. The van der Waals surface area contributed by atoms with Crippen LogP contribution in [0, 0.1) is 0 Å². The van der Waals surface area contributed by atoms with Crippen molar-refractivity contribution in [2.24, 2.45) is 0 Å². The molecule has 0 unspecified atom stereocenters. The van der Waals surface area contributed by atoms with E-state index in [-0.39, 0.29) is 11.6 Å². The molecule has 0 atom stereocenters. The lowest BCUT2D eigenvalue weighted by atomic mass is 10.1. The molecule has 0 aliphatic heterocycles. The Morgan fingerprint density at radius 3 is 2.72 bits per heavy atom. The monoisotopic (exact) mass is 341 g/mol. The van der Waals surface area contributed by atoms with Gasteiger partial charge in [0.1, 0.15) is 11.5 Å². The highest BCUT2D eigenvalue weighted by molar-refractivity contribution is 6.04. The quantitative estimate of drug-likeness (QED) is 0.637. The molecule has 1 aromatic heterocycles. The van der Waals surface area contributed by atoms with Crippen LogP contribution < -0.4 is 20.5 Å². The topological polar surface area (TPSA) is 96.2 Å². The second-order valence-corrected chi connectivity index (χ2v) is 5.49. The van der Waals surface area contributed by atoms with Gasteiger partial charge in [0, 0.05) is 6.54 Å². The number of H-pyrrole nitrogens is 2. The first-order valence-electron chi connectivity index (χ1n) is 7.82. The Morgan fingerprint density at radius 1 is 1.12 bits per heavy atom. The summed E-state index contributed by atoms with van der Waals surface area (Å²) in [4.78, 5) is 29.1. The lowest BCUT2D eigenvalue weighted by Crippen LogP contribution is -2.26. The first-order valence-corrected chi connectivity index (χ1v) is 7.82. The van der Waals surface area contributed by atoms with Crippen LogP contribution in [0.3, 0.4) is 0 Å². The number of nitrogens with one attached hydrogen (secondary N) is 3. The molecule has 0 bridgehead atoms. The molecule has 0 fully saturated rings. The SMILES string of the molecule is COc1ccc(OC)c(CCNC(=O)c2cccc3[nH]c(=O)[nH]c23)c1. The number of aromatic nitrogens is 2. The molecule has 0 aliphatic rings. The molecule has 7 heteroatoms. The average molecular weight is 341 g/mol. The number of para-hydroxylation sites is 1. The number of imidazole rings is 1. The fourth-order valence-electron chi connectivity index (χ4n) is 2.73. The molecule has 7 nitrogen and oxygen atoms in total. The first-order chi connectivity index (χ1) is 12.1. The summed E-state index contributed by atoms with van der Waals surface area (Å²) >= 11 is 0. The van der Waals surface area contributed by atoms with Gasteiger partial charge < -0.3 is 24.8 Å². The molecular weight excluding hydrogens is 322 g/mol. The summed E-state index contributed by atoms with van der Waals surface area (Å²) in [6.07, 6.45) is 0.589. The number of hydrogen-bond donors (Lipinski definition) is 3. The zero-order chi connectivity index (χ0) is 17.8. The lowest BCUT2D eigenvalue weighted by Gasteiger charge is -2.11. The molecule has 3 N–H and O–H groups in total. The number of hydrogen-bond acceptors (Lipinski definition) is 4. The molecule has 1 heterocycles. The molecule has 0 saturated carbocycles. The molecule has 0 saturated heterocycles.